The number of hydrogen-bond donors (Lipinski definition) is 0. The summed E-state index contributed by atoms with van der Waals surface area (Å²) in [6.45, 7) is 0. The van der Waals surface area contributed by atoms with Crippen molar-refractivity contribution in [2.75, 3.05) is 0 Å². The number of benzene rings is 2. The summed E-state index contributed by atoms with van der Waals surface area (Å²) in [5.41, 5.74) is 4.21. The van der Waals surface area contributed by atoms with Gasteiger partial charge in [0.25, 0.3) is 0 Å². The van der Waals surface area contributed by atoms with Gasteiger partial charge < -0.3 is 0 Å². The van der Waals surface area contributed by atoms with Crippen LogP contribution in [0.1, 0.15) is 0 Å². The predicted molar refractivity (Wildman–Crippen MR) is 90.4 cm³/mol. The fourth-order valence-electron chi connectivity index (χ4n) is 2.69. The van der Waals surface area contributed by atoms with Crippen LogP contribution in [0, 0.1) is 0 Å². The van der Waals surface area contributed by atoms with Crippen LogP contribution in [0.3, 0.4) is 0 Å². The average molecular weight is 282 g/mol. The molecule has 2 heterocycles. The molecule has 0 fully saturated rings. The van der Waals surface area contributed by atoms with Crippen LogP contribution in [0.2, 0.25) is 0 Å². The summed E-state index contributed by atoms with van der Waals surface area (Å²) in [6, 6.07) is 24.8. The highest BCUT2D eigenvalue weighted by molar-refractivity contribution is 5.96. The first-order chi connectivity index (χ1) is 10.9. The van der Waals surface area contributed by atoms with Crippen molar-refractivity contribution in [3.8, 4) is 22.5 Å². The molecule has 104 valence electrons. The van der Waals surface area contributed by atoms with Gasteiger partial charge in [-0.05, 0) is 23.6 Å². The SMILES string of the molecule is c1ccc(-c2nc(-c3ccncc3)cc3ccccc23)cc1. The van der Waals surface area contributed by atoms with Gasteiger partial charge in [0.1, 0.15) is 0 Å². The van der Waals surface area contributed by atoms with Crippen LogP contribution >= 0.6 is 0 Å². The predicted octanol–water partition coefficient (Wildman–Crippen LogP) is 4.96. The lowest BCUT2D eigenvalue weighted by atomic mass is 10.0. The Kier molecular flexibility index (Phi) is 3.13. The van der Waals surface area contributed by atoms with E-state index >= 15 is 0 Å². The number of pyridine rings is 2. The molecule has 0 saturated heterocycles. The maximum absolute atomic E-state index is 4.91. The molecule has 0 amide bonds. The van der Waals surface area contributed by atoms with E-state index in [-0.39, 0.29) is 0 Å². The van der Waals surface area contributed by atoms with Crippen molar-refractivity contribution in [3.63, 3.8) is 0 Å². The molecule has 4 rings (SSSR count). The highest BCUT2D eigenvalue weighted by Crippen LogP contribution is 2.30. The van der Waals surface area contributed by atoms with E-state index in [2.05, 4.69) is 47.4 Å². The minimum Gasteiger partial charge on any atom is -0.265 e. The number of hydrogen-bond acceptors (Lipinski definition) is 2. The van der Waals surface area contributed by atoms with E-state index in [1.165, 1.54) is 10.8 Å². The monoisotopic (exact) mass is 282 g/mol. The van der Waals surface area contributed by atoms with E-state index in [9.17, 15) is 0 Å². The highest BCUT2D eigenvalue weighted by Gasteiger charge is 2.09. The van der Waals surface area contributed by atoms with Crippen molar-refractivity contribution in [1.29, 1.82) is 0 Å². The van der Waals surface area contributed by atoms with Crippen LogP contribution in [0.15, 0.2) is 85.2 Å². The second-order valence-corrected chi connectivity index (χ2v) is 5.18. The second kappa shape index (κ2) is 5.41. The summed E-state index contributed by atoms with van der Waals surface area (Å²) >= 11 is 0. The maximum Gasteiger partial charge on any atom is 0.0787 e. The Labute approximate surface area is 129 Å². The van der Waals surface area contributed by atoms with Crippen LogP contribution < -0.4 is 0 Å². The smallest absolute Gasteiger partial charge is 0.0787 e. The molecule has 4 aromatic rings. The van der Waals surface area contributed by atoms with Crippen molar-refractivity contribution in [1.82, 2.24) is 9.97 Å². The molecule has 0 N–H and O–H groups in total. The Morgan fingerprint density at radius 1 is 0.636 bits per heavy atom. The van der Waals surface area contributed by atoms with E-state index in [1.54, 1.807) is 12.4 Å². The fraction of sp³-hybridized carbons (Fsp3) is 0. The minimum absolute atomic E-state index is 0.972. The lowest BCUT2D eigenvalue weighted by Crippen LogP contribution is -1.91. The van der Waals surface area contributed by atoms with Gasteiger partial charge in [-0.15, -0.1) is 0 Å². The van der Waals surface area contributed by atoms with E-state index in [1.807, 2.05) is 30.3 Å². The summed E-state index contributed by atoms with van der Waals surface area (Å²) in [6.07, 6.45) is 3.60. The van der Waals surface area contributed by atoms with Gasteiger partial charge in [0, 0.05) is 28.9 Å². The molecule has 0 saturated carbocycles. The molecular formula is C20H14N2. The van der Waals surface area contributed by atoms with Crippen LogP contribution in [0.25, 0.3) is 33.3 Å². The first kappa shape index (κ1) is 12.7. The van der Waals surface area contributed by atoms with Crippen LogP contribution in [-0.2, 0) is 0 Å². The van der Waals surface area contributed by atoms with Crippen molar-refractivity contribution in [2.45, 2.75) is 0 Å². The summed E-state index contributed by atoms with van der Waals surface area (Å²) in [4.78, 5) is 9.00. The van der Waals surface area contributed by atoms with Gasteiger partial charge in [-0.2, -0.15) is 0 Å². The minimum atomic E-state index is 0.972. The summed E-state index contributed by atoms with van der Waals surface area (Å²) in [5, 5.41) is 2.37. The second-order valence-electron chi connectivity index (χ2n) is 5.18. The molecule has 0 aliphatic rings. The van der Waals surface area contributed by atoms with Gasteiger partial charge in [0.2, 0.25) is 0 Å². The third-order valence-electron chi connectivity index (χ3n) is 3.76. The molecule has 0 unspecified atom stereocenters. The molecule has 2 nitrogen and oxygen atoms in total. The molecule has 2 aromatic carbocycles. The van der Waals surface area contributed by atoms with Crippen LogP contribution in [0.4, 0.5) is 0 Å². The van der Waals surface area contributed by atoms with Gasteiger partial charge >= 0.3 is 0 Å². The Balaban J connectivity index is 2.02. The molecular weight excluding hydrogens is 268 g/mol. The Morgan fingerprint density at radius 3 is 2.18 bits per heavy atom. The van der Waals surface area contributed by atoms with Crippen LogP contribution in [-0.4, -0.2) is 9.97 Å². The van der Waals surface area contributed by atoms with Gasteiger partial charge in [-0.25, -0.2) is 4.98 Å². The standard InChI is InChI=1S/C20H14N2/c1-2-6-16(7-3-1)20-18-9-5-4-8-17(18)14-19(22-20)15-10-12-21-13-11-15/h1-14H. The largest absolute Gasteiger partial charge is 0.265 e. The molecule has 0 radical (unpaired) electrons. The topological polar surface area (TPSA) is 25.8 Å². The molecule has 0 aliphatic heterocycles. The molecule has 0 bridgehead atoms. The molecule has 0 aliphatic carbocycles. The molecule has 0 spiro atoms. The van der Waals surface area contributed by atoms with Gasteiger partial charge in [0.15, 0.2) is 0 Å². The quantitative estimate of drug-likeness (QED) is 0.519. The number of aromatic nitrogens is 2. The Bertz CT molecular complexity index is 916. The van der Waals surface area contributed by atoms with Gasteiger partial charge in [0.05, 0.1) is 11.4 Å². The average Bonchev–Trinajstić information content (AvgIpc) is 2.62. The zero-order valence-electron chi connectivity index (χ0n) is 12.0. The summed E-state index contributed by atoms with van der Waals surface area (Å²) in [7, 11) is 0. The summed E-state index contributed by atoms with van der Waals surface area (Å²) in [5.74, 6) is 0. The van der Waals surface area contributed by atoms with E-state index < -0.39 is 0 Å². The van der Waals surface area contributed by atoms with Crippen molar-refractivity contribution < 1.29 is 0 Å². The van der Waals surface area contributed by atoms with Crippen molar-refractivity contribution >= 4 is 10.8 Å². The lowest BCUT2D eigenvalue weighted by molar-refractivity contribution is 1.30. The summed E-state index contributed by atoms with van der Waals surface area (Å²) < 4.78 is 0. The number of fused-ring (bicyclic) bond motifs is 1. The first-order valence-electron chi connectivity index (χ1n) is 7.27. The number of nitrogens with zero attached hydrogens (tertiary/aromatic N) is 2. The van der Waals surface area contributed by atoms with Crippen LogP contribution in [0.5, 0.6) is 0 Å². The molecule has 2 heteroatoms. The highest BCUT2D eigenvalue weighted by atomic mass is 14.7. The Hall–Kier alpha value is -3.00. The van der Waals surface area contributed by atoms with E-state index in [0.717, 1.165) is 22.5 Å². The molecule has 2 aromatic heterocycles. The first-order valence-corrected chi connectivity index (χ1v) is 7.27. The Morgan fingerprint density at radius 2 is 1.36 bits per heavy atom. The van der Waals surface area contributed by atoms with E-state index in [4.69, 9.17) is 4.98 Å². The van der Waals surface area contributed by atoms with Gasteiger partial charge in [-0.1, -0.05) is 54.6 Å². The third kappa shape index (κ3) is 2.25. The van der Waals surface area contributed by atoms with Crippen molar-refractivity contribution in [2.24, 2.45) is 0 Å². The van der Waals surface area contributed by atoms with E-state index in [0.29, 0.717) is 0 Å². The lowest BCUT2D eigenvalue weighted by Gasteiger charge is -2.10. The zero-order chi connectivity index (χ0) is 14.8. The maximum atomic E-state index is 4.91. The third-order valence-corrected chi connectivity index (χ3v) is 3.76. The van der Waals surface area contributed by atoms with Gasteiger partial charge in [-0.3, -0.25) is 4.98 Å². The fourth-order valence-corrected chi connectivity index (χ4v) is 2.69. The van der Waals surface area contributed by atoms with Crippen molar-refractivity contribution in [3.05, 3.63) is 85.2 Å². The zero-order valence-corrected chi connectivity index (χ0v) is 12.0. The molecule has 22 heavy (non-hydrogen) atoms. The normalized spacial score (nSPS) is 10.7. The molecule has 0 atom stereocenters. The number of rotatable bonds is 2.